The summed E-state index contributed by atoms with van der Waals surface area (Å²) in [6, 6.07) is 7.84. The van der Waals surface area contributed by atoms with E-state index in [0.29, 0.717) is 5.56 Å². The minimum atomic E-state index is -0.211. The van der Waals surface area contributed by atoms with Crippen LogP contribution in [0.4, 0.5) is 0 Å². The summed E-state index contributed by atoms with van der Waals surface area (Å²) in [5.41, 5.74) is 2.61. The predicted molar refractivity (Wildman–Crippen MR) is 67.9 cm³/mol. The molecule has 0 amide bonds. The second kappa shape index (κ2) is 5.81. The van der Waals surface area contributed by atoms with Crippen LogP contribution in [-0.4, -0.2) is 10.6 Å². The molecule has 2 nitrogen and oxygen atoms in total. The summed E-state index contributed by atoms with van der Waals surface area (Å²) >= 11 is 3.28. The number of carbonyl (C=O) groups is 1. The number of ketones is 1. The Bertz CT molecular complexity index is 432. The van der Waals surface area contributed by atoms with E-state index >= 15 is 0 Å². The van der Waals surface area contributed by atoms with Crippen LogP contribution in [0.25, 0.3) is 0 Å². The van der Waals surface area contributed by atoms with Gasteiger partial charge >= 0.3 is 0 Å². The first kappa shape index (κ1) is 12.9. The van der Waals surface area contributed by atoms with E-state index in [4.69, 9.17) is 5.26 Å². The van der Waals surface area contributed by atoms with Gasteiger partial charge in [0.05, 0.1) is 17.3 Å². The van der Waals surface area contributed by atoms with E-state index in [9.17, 15) is 4.79 Å². The molecule has 0 aliphatic carbocycles. The molecule has 0 fully saturated rings. The van der Waals surface area contributed by atoms with Crippen LogP contribution >= 0.6 is 15.9 Å². The number of Topliss-reactive ketones (excluding diaryl/α,β-unsaturated/α-hetero) is 1. The van der Waals surface area contributed by atoms with E-state index in [1.807, 2.05) is 25.1 Å². The molecule has 1 aromatic rings. The Morgan fingerprint density at radius 1 is 1.56 bits per heavy atom. The van der Waals surface area contributed by atoms with Gasteiger partial charge in [-0.3, -0.25) is 4.79 Å². The maximum Gasteiger partial charge on any atom is 0.176 e. The number of nitrogens with zero attached hydrogens (tertiary/aromatic N) is 1. The van der Waals surface area contributed by atoms with E-state index in [2.05, 4.69) is 22.0 Å². The monoisotopic (exact) mass is 279 g/mol. The van der Waals surface area contributed by atoms with E-state index < -0.39 is 0 Å². The van der Waals surface area contributed by atoms with Crippen LogP contribution in [0.5, 0.6) is 0 Å². The van der Waals surface area contributed by atoms with Crippen molar-refractivity contribution in [3.63, 3.8) is 0 Å². The lowest BCUT2D eigenvalue weighted by atomic mass is 9.96. The zero-order chi connectivity index (χ0) is 12.1. The van der Waals surface area contributed by atoms with Crippen molar-refractivity contribution in [2.24, 2.45) is 0 Å². The minimum absolute atomic E-state index is 0.0422. The number of halogens is 1. The summed E-state index contributed by atoms with van der Waals surface area (Å²) in [5.74, 6) is 0.0422. The summed E-state index contributed by atoms with van der Waals surface area (Å²) in [5, 5.41) is 8.72. The third-order valence-corrected chi connectivity index (χ3v) is 2.89. The Labute approximate surface area is 104 Å². The number of alkyl halides is 1. The fraction of sp³-hybridized carbons (Fsp3) is 0.385. The van der Waals surface area contributed by atoms with E-state index in [-0.39, 0.29) is 17.0 Å². The fourth-order valence-electron chi connectivity index (χ4n) is 1.53. The van der Waals surface area contributed by atoms with Crippen LogP contribution in [0.15, 0.2) is 18.2 Å². The lowest BCUT2D eigenvalue weighted by Crippen LogP contribution is -2.13. The van der Waals surface area contributed by atoms with Crippen molar-refractivity contribution >= 4 is 21.7 Å². The summed E-state index contributed by atoms with van der Waals surface area (Å²) in [4.78, 5) is 11.7. The molecule has 1 atom stereocenters. The highest BCUT2D eigenvalue weighted by Gasteiger charge is 2.16. The highest BCUT2D eigenvalue weighted by atomic mass is 79.9. The Morgan fingerprint density at radius 3 is 2.75 bits per heavy atom. The Balaban J connectivity index is 3.20. The molecule has 16 heavy (non-hydrogen) atoms. The third-order valence-electron chi connectivity index (χ3n) is 2.48. The topological polar surface area (TPSA) is 40.9 Å². The van der Waals surface area contributed by atoms with Crippen LogP contribution < -0.4 is 0 Å². The molecule has 0 aliphatic rings. The minimum Gasteiger partial charge on any atom is -0.293 e. The first-order valence-electron chi connectivity index (χ1n) is 5.27. The summed E-state index contributed by atoms with van der Waals surface area (Å²) in [6.45, 7) is 3.85. The standard InChI is InChI=1S/C13H14BrNO/c1-3-10-4-5-11(6-7-15)12(8-10)13(16)9(2)14/h4-5,8-9H,3,6H2,1-2H3. The van der Waals surface area contributed by atoms with Gasteiger partial charge < -0.3 is 0 Å². The SMILES string of the molecule is CCc1ccc(CC#N)c(C(=O)C(C)Br)c1. The van der Waals surface area contributed by atoms with Crippen molar-refractivity contribution in [2.75, 3.05) is 0 Å². The Hall–Kier alpha value is -1.14. The van der Waals surface area contributed by atoms with Gasteiger partial charge in [0, 0.05) is 5.56 Å². The van der Waals surface area contributed by atoms with Crippen LogP contribution in [0.2, 0.25) is 0 Å². The molecule has 0 heterocycles. The van der Waals surface area contributed by atoms with Crippen molar-refractivity contribution in [3.05, 3.63) is 34.9 Å². The van der Waals surface area contributed by atoms with Gasteiger partial charge in [0.2, 0.25) is 0 Å². The van der Waals surface area contributed by atoms with Crippen molar-refractivity contribution in [2.45, 2.75) is 31.5 Å². The first-order chi connectivity index (χ1) is 7.60. The van der Waals surface area contributed by atoms with Gasteiger partial charge in [0.1, 0.15) is 0 Å². The fourth-order valence-corrected chi connectivity index (χ4v) is 1.77. The van der Waals surface area contributed by atoms with Crippen molar-refractivity contribution < 1.29 is 4.79 Å². The molecule has 0 radical (unpaired) electrons. The van der Waals surface area contributed by atoms with Crippen LogP contribution in [0, 0.1) is 11.3 Å². The molecule has 3 heteroatoms. The molecule has 0 N–H and O–H groups in total. The van der Waals surface area contributed by atoms with Gasteiger partial charge in [-0.15, -0.1) is 0 Å². The maximum absolute atomic E-state index is 12.0. The molecule has 0 aromatic heterocycles. The van der Waals surface area contributed by atoms with Crippen molar-refractivity contribution in [1.29, 1.82) is 5.26 Å². The average molecular weight is 280 g/mol. The zero-order valence-corrected chi connectivity index (χ0v) is 11.0. The molecule has 1 unspecified atom stereocenters. The Morgan fingerprint density at radius 2 is 2.25 bits per heavy atom. The van der Waals surface area contributed by atoms with Crippen molar-refractivity contribution in [1.82, 2.24) is 0 Å². The molecule has 1 rings (SSSR count). The smallest absolute Gasteiger partial charge is 0.176 e. The largest absolute Gasteiger partial charge is 0.293 e. The van der Waals surface area contributed by atoms with Crippen LogP contribution in [-0.2, 0) is 12.8 Å². The van der Waals surface area contributed by atoms with Gasteiger partial charge in [0.15, 0.2) is 5.78 Å². The number of rotatable bonds is 4. The molecule has 0 saturated carbocycles. The van der Waals surface area contributed by atoms with Gasteiger partial charge in [-0.25, -0.2) is 0 Å². The average Bonchev–Trinajstić information content (AvgIpc) is 2.29. The number of carbonyl (C=O) groups excluding carboxylic acids is 1. The molecular weight excluding hydrogens is 266 g/mol. The van der Waals surface area contributed by atoms with E-state index in [0.717, 1.165) is 17.5 Å². The number of hydrogen-bond acceptors (Lipinski definition) is 2. The molecule has 0 aliphatic heterocycles. The Kier molecular flexibility index (Phi) is 4.70. The lowest BCUT2D eigenvalue weighted by Gasteiger charge is -2.09. The molecule has 0 saturated heterocycles. The first-order valence-corrected chi connectivity index (χ1v) is 6.18. The highest BCUT2D eigenvalue weighted by molar-refractivity contribution is 9.10. The summed E-state index contributed by atoms with van der Waals surface area (Å²) < 4.78 is 0. The summed E-state index contributed by atoms with van der Waals surface area (Å²) in [7, 11) is 0. The number of benzene rings is 1. The number of aryl methyl sites for hydroxylation is 1. The van der Waals surface area contributed by atoms with Crippen molar-refractivity contribution in [3.8, 4) is 6.07 Å². The molecule has 84 valence electrons. The van der Waals surface area contributed by atoms with Gasteiger partial charge in [-0.2, -0.15) is 5.26 Å². The molecule has 1 aromatic carbocycles. The highest BCUT2D eigenvalue weighted by Crippen LogP contribution is 2.18. The summed E-state index contributed by atoms with van der Waals surface area (Å²) in [6.07, 6.45) is 1.18. The van der Waals surface area contributed by atoms with Crippen LogP contribution in [0.1, 0.15) is 35.3 Å². The van der Waals surface area contributed by atoms with Gasteiger partial charge in [-0.05, 0) is 30.5 Å². The van der Waals surface area contributed by atoms with Crippen LogP contribution in [0.3, 0.4) is 0 Å². The maximum atomic E-state index is 12.0. The second-order valence-corrected chi connectivity index (χ2v) is 5.03. The molecular formula is C13H14BrNO. The zero-order valence-electron chi connectivity index (χ0n) is 9.46. The van der Waals surface area contributed by atoms with E-state index in [1.165, 1.54) is 0 Å². The number of hydrogen-bond donors (Lipinski definition) is 0. The predicted octanol–water partition coefficient (Wildman–Crippen LogP) is 3.28. The lowest BCUT2D eigenvalue weighted by molar-refractivity contribution is 0.0995. The normalized spacial score (nSPS) is 11.9. The van der Waals surface area contributed by atoms with Gasteiger partial charge in [-0.1, -0.05) is 35.0 Å². The number of nitriles is 1. The third kappa shape index (κ3) is 2.93. The van der Waals surface area contributed by atoms with E-state index in [1.54, 1.807) is 6.92 Å². The molecule has 0 bridgehead atoms. The second-order valence-electron chi connectivity index (χ2n) is 3.66. The van der Waals surface area contributed by atoms with Gasteiger partial charge in [0.25, 0.3) is 0 Å². The quantitative estimate of drug-likeness (QED) is 0.627. The molecule has 0 spiro atoms.